The maximum Gasteiger partial charge on any atom is 0.259 e. The lowest BCUT2D eigenvalue weighted by molar-refractivity contribution is 0.102. The van der Waals surface area contributed by atoms with Crippen molar-refractivity contribution in [1.82, 2.24) is 4.98 Å². The zero-order valence-corrected chi connectivity index (χ0v) is 14.3. The number of anilines is 2. The average Bonchev–Trinajstić information content (AvgIpc) is 2.55. The molecule has 0 bridgehead atoms. The van der Waals surface area contributed by atoms with Crippen LogP contribution in [0.1, 0.15) is 35.0 Å². The minimum atomic E-state index is -0.286. The van der Waals surface area contributed by atoms with Crippen LogP contribution in [0, 0.1) is 13.8 Å². The number of aryl methyl sites for hydroxylation is 2. The molecule has 0 atom stereocenters. The molecule has 0 saturated heterocycles. The number of carbonyl (C=O) groups excluding carboxylic acids is 1. The molecule has 1 heterocycles. The fraction of sp³-hybridized carbons (Fsp3) is 0.263. The Morgan fingerprint density at radius 1 is 1.29 bits per heavy atom. The van der Waals surface area contributed by atoms with Crippen LogP contribution in [0.25, 0.3) is 0 Å². The van der Waals surface area contributed by atoms with Gasteiger partial charge in [-0.25, -0.2) is 4.98 Å². The number of benzene rings is 1. The van der Waals surface area contributed by atoms with Crippen molar-refractivity contribution < 1.29 is 9.53 Å². The number of hydrogen-bond donors (Lipinski definition) is 2. The van der Waals surface area contributed by atoms with Crippen molar-refractivity contribution in [1.29, 1.82) is 0 Å². The molecule has 0 aliphatic rings. The maximum absolute atomic E-state index is 12.4. The number of aromatic nitrogens is 1. The number of nitrogen functional groups attached to an aromatic ring is 1. The van der Waals surface area contributed by atoms with E-state index in [1.807, 2.05) is 38.1 Å². The van der Waals surface area contributed by atoms with Crippen LogP contribution in [0.3, 0.4) is 0 Å². The Morgan fingerprint density at radius 2 is 2.08 bits per heavy atom. The van der Waals surface area contributed by atoms with Gasteiger partial charge in [-0.15, -0.1) is 0 Å². The summed E-state index contributed by atoms with van der Waals surface area (Å²) in [6, 6.07) is 9.01. The van der Waals surface area contributed by atoms with Gasteiger partial charge in [-0.05, 0) is 44.0 Å². The third-order valence-electron chi connectivity index (χ3n) is 3.58. The van der Waals surface area contributed by atoms with Gasteiger partial charge < -0.3 is 15.8 Å². The molecule has 0 radical (unpaired) electrons. The predicted octanol–water partition coefficient (Wildman–Crippen LogP) is 3.88. The van der Waals surface area contributed by atoms with Crippen molar-refractivity contribution >= 4 is 17.4 Å². The van der Waals surface area contributed by atoms with Crippen LogP contribution < -0.4 is 15.8 Å². The van der Waals surface area contributed by atoms with Crippen LogP contribution in [0.4, 0.5) is 11.5 Å². The first-order chi connectivity index (χ1) is 11.5. The maximum atomic E-state index is 12.4. The van der Waals surface area contributed by atoms with E-state index in [4.69, 9.17) is 10.5 Å². The van der Waals surface area contributed by atoms with Gasteiger partial charge in [0, 0.05) is 17.4 Å². The van der Waals surface area contributed by atoms with Crippen molar-refractivity contribution in [3.05, 3.63) is 59.3 Å². The quantitative estimate of drug-likeness (QED) is 0.790. The number of nitrogens with two attached hydrogens (primary N) is 1. The van der Waals surface area contributed by atoms with E-state index < -0.39 is 0 Å². The topological polar surface area (TPSA) is 77.2 Å². The summed E-state index contributed by atoms with van der Waals surface area (Å²) in [5.74, 6) is 0.638. The number of carbonyl (C=O) groups is 1. The van der Waals surface area contributed by atoms with E-state index >= 15 is 0 Å². The number of ether oxygens (including phenoxy) is 1. The fourth-order valence-corrected chi connectivity index (χ4v) is 2.15. The molecule has 3 N–H and O–H groups in total. The molecule has 1 aromatic carbocycles. The summed E-state index contributed by atoms with van der Waals surface area (Å²) in [6.07, 6.45) is 4.98. The lowest BCUT2D eigenvalue weighted by atomic mass is 10.1. The van der Waals surface area contributed by atoms with E-state index in [0.29, 0.717) is 23.6 Å². The van der Waals surface area contributed by atoms with Crippen LogP contribution in [-0.2, 0) is 0 Å². The molecule has 0 unspecified atom stereocenters. The monoisotopic (exact) mass is 325 g/mol. The molecule has 2 rings (SSSR count). The first-order valence-corrected chi connectivity index (χ1v) is 7.94. The van der Waals surface area contributed by atoms with Crippen molar-refractivity contribution in [3.63, 3.8) is 0 Å². The van der Waals surface area contributed by atoms with Crippen LogP contribution >= 0.6 is 0 Å². The third kappa shape index (κ3) is 4.59. The van der Waals surface area contributed by atoms with Crippen LogP contribution in [0.5, 0.6) is 5.75 Å². The van der Waals surface area contributed by atoms with Gasteiger partial charge in [-0.1, -0.05) is 25.1 Å². The predicted molar refractivity (Wildman–Crippen MR) is 97.4 cm³/mol. The summed E-state index contributed by atoms with van der Waals surface area (Å²) >= 11 is 0. The number of pyridine rings is 1. The van der Waals surface area contributed by atoms with Crippen molar-refractivity contribution in [2.45, 2.75) is 27.2 Å². The zero-order chi connectivity index (χ0) is 17.5. The van der Waals surface area contributed by atoms with E-state index in [0.717, 1.165) is 17.7 Å². The van der Waals surface area contributed by atoms with Gasteiger partial charge in [0.15, 0.2) is 0 Å². The first-order valence-electron chi connectivity index (χ1n) is 7.94. The number of hydrogen-bond acceptors (Lipinski definition) is 4. The molecule has 0 aliphatic carbocycles. The van der Waals surface area contributed by atoms with Crippen LogP contribution in [0.15, 0.2) is 42.5 Å². The molecule has 126 valence electrons. The van der Waals surface area contributed by atoms with Gasteiger partial charge in [0.2, 0.25) is 0 Å². The summed E-state index contributed by atoms with van der Waals surface area (Å²) in [6.45, 7) is 6.33. The molecular formula is C19H23N3O2. The standard InChI is InChI=1S/C19H23N3O2/c1-4-5-6-10-24-16-9-7-8-15(12-16)22-19(23)17-11-13(2)14(3)21-18(17)20/h5-9,11-12H,4,10H2,1-3H3,(H2,20,21)(H,22,23). The van der Waals surface area contributed by atoms with E-state index in [2.05, 4.69) is 17.2 Å². The molecule has 0 fully saturated rings. The number of rotatable bonds is 6. The molecule has 2 aromatic rings. The highest BCUT2D eigenvalue weighted by atomic mass is 16.5. The van der Waals surface area contributed by atoms with E-state index in [1.54, 1.807) is 18.2 Å². The third-order valence-corrected chi connectivity index (χ3v) is 3.58. The van der Waals surface area contributed by atoms with Crippen molar-refractivity contribution in [3.8, 4) is 5.75 Å². The molecule has 0 saturated carbocycles. The number of amides is 1. The number of allylic oxidation sites excluding steroid dienone is 1. The Hall–Kier alpha value is -2.82. The number of nitrogens with one attached hydrogen (secondary N) is 1. The summed E-state index contributed by atoms with van der Waals surface area (Å²) in [4.78, 5) is 16.6. The van der Waals surface area contributed by atoms with Gasteiger partial charge in [-0.3, -0.25) is 4.79 Å². The molecule has 1 amide bonds. The van der Waals surface area contributed by atoms with Crippen molar-refractivity contribution in [2.75, 3.05) is 17.7 Å². The molecule has 5 heteroatoms. The van der Waals surface area contributed by atoms with Gasteiger partial charge in [0.05, 0.1) is 5.56 Å². The molecule has 1 aromatic heterocycles. The SMILES string of the molecule is CCC=CCOc1cccc(NC(=O)c2cc(C)c(C)nc2N)c1. The second kappa shape index (κ2) is 8.15. The summed E-state index contributed by atoms with van der Waals surface area (Å²) in [5.41, 5.74) is 8.63. The minimum absolute atomic E-state index is 0.229. The normalized spacial score (nSPS) is 10.8. The molecular weight excluding hydrogens is 302 g/mol. The van der Waals surface area contributed by atoms with Gasteiger partial charge in [-0.2, -0.15) is 0 Å². The van der Waals surface area contributed by atoms with Crippen molar-refractivity contribution in [2.24, 2.45) is 0 Å². The van der Waals surface area contributed by atoms with Gasteiger partial charge in [0.1, 0.15) is 18.2 Å². The Kier molecular flexibility index (Phi) is 5.95. The fourth-order valence-electron chi connectivity index (χ4n) is 2.15. The van der Waals surface area contributed by atoms with E-state index in [9.17, 15) is 4.79 Å². The first kappa shape index (κ1) is 17.5. The lowest BCUT2D eigenvalue weighted by Gasteiger charge is -2.10. The van der Waals surface area contributed by atoms with E-state index in [-0.39, 0.29) is 11.7 Å². The highest BCUT2D eigenvalue weighted by Crippen LogP contribution is 2.20. The summed E-state index contributed by atoms with van der Waals surface area (Å²) < 4.78 is 5.62. The Labute approximate surface area is 142 Å². The lowest BCUT2D eigenvalue weighted by Crippen LogP contribution is -2.15. The molecule has 5 nitrogen and oxygen atoms in total. The van der Waals surface area contributed by atoms with Crippen LogP contribution in [0.2, 0.25) is 0 Å². The Balaban J connectivity index is 2.09. The Bertz CT molecular complexity index is 754. The minimum Gasteiger partial charge on any atom is -0.489 e. The number of nitrogens with zero attached hydrogens (tertiary/aromatic N) is 1. The summed E-state index contributed by atoms with van der Waals surface area (Å²) in [7, 11) is 0. The largest absolute Gasteiger partial charge is 0.489 e. The second-order valence-corrected chi connectivity index (χ2v) is 5.50. The Morgan fingerprint density at radius 3 is 2.83 bits per heavy atom. The van der Waals surface area contributed by atoms with E-state index in [1.165, 1.54) is 0 Å². The molecule has 0 spiro atoms. The molecule has 24 heavy (non-hydrogen) atoms. The van der Waals surface area contributed by atoms with Gasteiger partial charge >= 0.3 is 0 Å². The summed E-state index contributed by atoms with van der Waals surface area (Å²) in [5, 5.41) is 2.83. The second-order valence-electron chi connectivity index (χ2n) is 5.50. The molecule has 0 aliphatic heterocycles. The zero-order valence-electron chi connectivity index (χ0n) is 14.3. The highest BCUT2D eigenvalue weighted by molar-refractivity contribution is 6.07. The highest BCUT2D eigenvalue weighted by Gasteiger charge is 2.13. The van der Waals surface area contributed by atoms with Crippen LogP contribution in [-0.4, -0.2) is 17.5 Å². The average molecular weight is 325 g/mol. The van der Waals surface area contributed by atoms with Gasteiger partial charge in [0.25, 0.3) is 5.91 Å². The smallest absolute Gasteiger partial charge is 0.259 e.